The molecule has 0 N–H and O–H groups in total. The van der Waals surface area contributed by atoms with E-state index in [0.717, 1.165) is 12.8 Å². The van der Waals surface area contributed by atoms with Gasteiger partial charge in [-0.05, 0) is 71.5 Å². The minimum Gasteiger partial charge on any atom is -0.135 e. The van der Waals surface area contributed by atoms with Gasteiger partial charge in [0.05, 0.1) is 0 Å². The number of benzene rings is 6. The van der Waals surface area contributed by atoms with E-state index in [0.29, 0.717) is 0 Å². The molecule has 0 atom stereocenters. The quantitative estimate of drug-likeness (QED) is 0.195. The summed E-state index contributed by atoms with van der Waals surface area (Å²) in [6.07, 6.45) is 1.90. The average molecular weight is 577 g/mol. The summed E-state index contributed by atoms with van der Waals surface area (Å²) in [5.41, 5.74) is 5.59. The maximum atomic E-state index is 2.44. The lowest BCUT2D eigenvalue weighted by atomic mass is 9.99. The van der Waals surface area contributed by atoms with E-state index in [1.165, 1.54) is 82.8 Å². The summed E-state index contributed by atoms with van der Waals surface area (Å²) < 4.78 is 8.31. The molecule has 0 fully saturated rings. The molecule has 6 aromatic carbocycles. The van der Waals surface area contributed by atoms with Crippen molar-refractivity contribution in [3.05, 3.63) is 144 Å². The second kappa shape index (κ2) is 9.25. The zero-order chi connectivity index (χ0) is 26.9. The van der Waals surface area contributed by atoms with Crippen molar-refractivity contribution in [2.75, 3.05) is 0 Å². The highest BCUT2D eigenvalue weighted by Crippen LogP contribution is 2.40. The van der Waals surface area contributed by atoms with E-state index in [9.17, 15) is 0 Å². The normalized spacial score (nSPS) is 12.1. The van der Waals surface area contributed by atoms with Gasteiger partial charge in [0, 0.05) is 60.5 Å². The molecule has 3 aromatic heterocycles. The first-order valence-corrected chi connectivity index (χ1v) is 16.5. The fourth-order valence-corrected chi connectivity index (χ4v) is 9.92. The smallest absolute Gasteiger partial charge is 0.0390 e. The Bertz CT molecular complexity index is 2260. The molecule has 0 saturated carbocycles. The summed E-state index contributed by atoms with van der Waals surface area (Å²) in [6, 6.07) is 45.4. The molecule has 41 heavy (non-hydrogen) atoms. The largest absolute Gasteiger partial charge is 0.135 e. The average Bonchev–Trinajstić information content (AvgIpc) is 3.69. The van der Waals surface area contributed by atoms with Gasteiger partial charge in [0.1, 0.15) is 0 Å². The lowest BCUT2D eigenvalue weighted by Gasteiger charge is -2.06. The lowest BCUT2D eigenvalue weighted by molar-refractivity contribution is 1.23. The summed E-state index contributed by atoms with van der Waals surface area (Å²) in [4.78, 5) is 0. The van der Waals surface area contributed by atoms with Gasteiger partial charge in [-0.15, -0.1) is 34.0 Å². The van der Waals surface area contributed by atoms with Crippen LogP contribution in [-0.2, 0) is 12.8 Å². The van der Waals surface area contributed by atoms with Crippen LogP contribution in [0, 0.1) is 0 Å². The van der Waals surface area contributed by atoms with Crippen molar-refractivity contribution in [1.82, 2.24) is 0 Å². The van der Waals surface area contributed by atoms with Gasteiger partial charge < -0.3 is 0 Å². The fraction of sp³-hybridized carbons (Fsp3) is 0.0526. The molecule has 9 rings (SSSR count). The van der Waals surface area contributed by atoms with Crippen molar-refractivity contribution in [3.63, 3.8) is 0 Å². The van der Waals surface area contributed by atoms with E-state index in [1.54, 1.807) is 0 Å². The molecular weight excluding hydrogens is 553 g/mol. The molecule has 0 bridgehead atoms. The maximum absolute atomic E-state index is 2.44. The Balaban J connectivity index is 1.11. The molecule has 0 saturated heterocycles. The Kier molecular flexibility index (Phi) is 5.34. The van der Waals surface area contributed by atoms with E-state index < -0.39 is 0 Å². The minimum absolute atomic E-state index is 0.949. The summed E-state index contributed by atoms with van der Waals surface area (Å²) in [5.74, 6) is 0. The third-order valence-corrected chi connectivity index (χ3v) is 12.0. The van der Waals surface area contributed by atoms with E-state index >= 15 is 0 Å². The maximum Gasteiger partial charge on any atom is 0.0390 e. The summed E-state index contributed by atoms with van der Waals surface area (Å²) >= 11 is 5.75. The van der Waals surface area contributed by atoms with Crippen molar-refractivity contribution in [2.45, 2.75) is 12.8 Å². The van der Waals surface area contributed by atoms with Gasteiger partial charge >= 0.3 is 0 Å². The second-order valence-corrected chi connectivity index (χ2v) is 14.1. The van der Waals surface area contributed by atoms with Crippen molar-refractivity contribution >= 4 is 94.5 Å². The first-order chi connectivity index (χ1) is 20.3. The van der Waals surface area contributed by atoms with E-state index in [-0.39, 0.29) is 0 Å². The number of hydrogen-bond donors (Lipinski definition) is 0. The van der Waals surface area contributed by atoms with Crippen LogP contribution < -0.4 is 0 Å². The van der Waals surface area contributed by atoms with Gasteiger partial charge in [-0.2, -0.15) is 0 Å². The third kappa shape index (κ3) is 3.84. The molecule has 0 amide bonds. The molecule has 0 unspecified atom stereocenters. The molecule has 0 aliphatic heterocycles. The molecule has 0 aliphatic carbocycles. The highest BCUT2D eigenvalue weighted by atomic mass is 32.1. The van der Waals surface area contributed by atoms with Crippen LogP contribution in [0.2, 0.25) is 0 Å². The topological polar surface area (TPSA) is 0 Å². The van der Waals surface area contributed by atoms with Gasteiger partial charge in [0.25, 0.3) is 0 Å². The van der Waals surface area contributed by atoms with Crippen LogP contribution in [-0.4, -0.2) is 0 Å². The standard InChI is InChI=1S/C38H24S3/c1-3-13-33-27(9-1)29-11-5-7-25(37(29)40-33)19-23-15-17-35-31(21-23)32-22-24(16-18-36(32)39-35)20-26-8-6-12-30-28-10-2-4-14-34(28)41-38(26)30/h1-18,21-22H,19-20H2. The minimum atomic E-state index is 0.949. The van der Waals surface area contributed by atoms with Crippen molar-refractivity contribution in [3.8, 4) is 0 Å². The highest BCUT2D eigenvalue weighted by Gasteiger charge is 2.13. The SMILES string of the molecule is c1ccc2c(c1)sc1c(Cc3ccc4sc5ccc(Cc6cccc7c6sc6ccccc67)cc5c4c3)cccc12. The van der Waals surface area contributed by atoms with Crippen molar-refractivity contribution < 1.29 is 0 Å². The van der Waals surface area contributed by atoms with Crippen molar-refractivity contribution in [1.29, 1.82) is 0 Å². The van der Waals surface area contributed by atoms with Crippen LogP contribution >= 0.6 is 34.0 Å². The molecule has 0 radical (unpaired) electrons. The zero-order valence-corrected chi connectivity index (χ0v) is 24.6. The monoisotopic (exact) mass is 576 g/mol. The van der Waals surface area contributed by atoms with Gasteiger partial charge in [0.2, 0.25) is 0 Å². The van der Waals surface area contributed by atoms with Gasteiger partial charge in [-0.3, -0.25) is 0 Å². The Morgan fingerprint density at radius 1 is 0.341 bits per heavy atom. The second-order valence-electron chi connectivity index (χ2n) is 10.9. The Morgan fingerprint density at radius 3 is 1.29 bits per heavy atom. The van der Waals surface area contributed by atoms with E-state index in [1.807, 2.05) is 34.0 Å². The highest BCUT2D eigenvalue weighted by molar-refractivity contribution is 7.26. The molecule has 0 aliphatic rings. The number of thiophene rings is 3. The molecule has 3 heteroatoms. The number of hydrogen-bond acceptors (Lipinski definition) is 3. The van der Waals surface area contributed by atoms with Crippen LogP contribution in [0.3, 0.4) is 0 Å². The van der Waals surface area contributed by atoms with Gasteiger partial charge in [-0.1, -0.05) is 84.9 Å². The third-order valence-electron chi connectivity index (χ3n) is 8.36. The Morgan fingerprint density at radius 2 is 0.780 bits per heavy atom. The number of rotatable bonds is 4. The fourth-order valence-electron chi connectivity index (χ4n) is 6.42. The van der Waals surface area contributed by atoms with Crippen LogP contribution in [0.5, 0.6) is 0 Å². The summed E-state index contributed by atoms with van der Waals surface area (Å²) in [5, 5.41) is 8.26. The Labute approximate surface area is 249 Å². The molecule has 194 valence electrons. The molecule has 9 aromatic rings. The predicted octanol–water partition coefficient (Wildman–Crippen LogP) is 12.0. The van der Waals surface area contributed by atoms with Gasteiger partial charge in [0.15, 0.2) is 0 Å². The zero-order valence-electron chi connectivity index (χ0n) is 22.2. The van der Waals surface area contributed by atoms with Crippen LogP contribution in [0.25, 0.3) is 60.5 Å². The van der Waals surface area contributed by atoms with E-state index in [4.69, 9.17) is 0 Å². The van der Waals surface area contributed by atoms with Crippen LogP contribution in [0.15, 0.2) is 121 Å². The van der Waals surface area contributed by atoms with Crippen LogP contribution in [0.4, 0.5) is 0 Å². The molecular formula is C38H24S3. The van der Waals surface area contributed by atoms with Crippen LogP contribution in [0.1, 0.15) is 22.3 Å². The molecule has 0 nitrogen and oxygen atoms in total. The molecule has 0 spiro atoms. The Hall–Kier alpha value is -4.02. The predicted molar refractivity (Wildman–Crippen MR) is 184 cm³/mol. The van der Waals surface area contributed by atoms with Crippen molar-refractivity contribution in [2.24, 2.45) is 0 Å². The van der Waals surface area contributed by atoms with Gasteiger partial charge in [-0.25, -0.2) is 0 Å². The number of fused-ring (bicyclic) bond motifs is 9. The first-order valence-electron chi connectivity index (χ1n) is 14.0. The van der Waals surface area contributed by atoms with E-state index in [2.05, 4.69) is 121 Å². The molecule has 3 heterocycles. The lowest BCUT2D eigenvalue weighted by Crippen LogP contribution is -1.89. The first kappa shape index (κ1) is 23.7. The summed E-state index contributed by atoms with van der Waals surface area (Å²) in [6.45, 7) is 0. The summed E-state index contributed by atoms with van der Waals surface area (Å²) in [7, 11) is 0.